The van der Waals surface area contributed by atoms with Crippen LogP contribution in [0.2, 0.25) is 0 Å². The molecular weight excluding hydrogens is 280 g/mol. The Morgan fingerprint density at radius 3 is 2.88 bits per heavy atom. The number of aromatic nitrogens is 2. The van der Waals surface area contributed by atoms with Crippen molar-refractivity contribution in [1.82, 2.24) is 9.78 Å². The first-order valence-corrected chi connectivity index (χ1v) is 6.82. The van der Waals surface area contributed by atoms with Crippen molar-refractivity contribution >= 4 is 21.5 Å². The predicted octanol–water partition coefficient (Wildman–Crippen LogP) is 3.23. The molecule has 0 spiro atoms. The third-order valence-corrected chi connectivity index (χ3v) is 3.80. The predicted molar refractivity (Wildman–Crippen MR) is 72.6 cm³/mol. The zero-order valence-corrected chi connectivity index (χ0v) is 12.2. The summed E-state index contributed by atoms with van der Waals surface area (Å²) in [6.45, 7) is 7.32. The maximum Gasteiger partial charge on any atom is 0.0782 e. The first-order valence-electron chi connectivity index (χ1n) is 6.03. The number of hydrogen-bond acceptors (Lipinski definition) is 2. The van der Waals surface area contributed by atoms with E-state index in [9.17, 15) is 5.11 Å². The van der Waals surface area contributed by atoms with Gasteiger partial charge in [0.1, 0.15) is 0 Å². The summed E-state index contributed by atoms with van der Waals surface area (Å²) < 4.78 is 2.99. The Balaban J connectivity index is 2.42. The van der Waals surface area contributed by atoms with E-state index in [1.807, 2.05) is 17.0 Å². The van der Waals surface area contributed by atoms with Gasteiger partial charge in [0, 0.05) is 6.54 Å². The number of halogens is 1. The van der Waals surface area contributed by atoms with Gasteiger partial charge in [0.15, 0.2) is 0 Å². The normalized spacial score (nSPS) is 23.6. The molecule has 17 heavy (non-hydrogen) atoms. The van der Waals surface area contributed by atoms with E-state index >= 15 is 0 Å². The maximum atomic E-state index is 9.95. The van der Waals surface area contributed by atoms with Gasteiger partial charge in [0.05, 0.1) is 22.5 Å². The number of aliphatic hydroxyl groups is 1. The van der Waals surface area contributed by atoms with Gasteiger partial charge >= 0.3 is 0 Å². The fourth-order valence-corrected chi connectivity index (χ4v) is 3.14. The van der Waals surface area contributed by atoms with Gasteiger partial charge in [-0.2, -0.15) is 5.10 Å². The molecule has 1 heterocycles. The van der Waals surface area contributed by atoms with Crippen molar-refractivity contribution in [1.29, 1.82) is 0 Å². The highest BCUT2D eigenvalue weighted by atomic mass is 79.9. The largest absolute Gasteiger partial charge is 0.389 e. The quantitative estimate of drug-likeness (QED) is 0.910. The minimum Gasteiger partial charge on any atom is -0.389 e. The molecule has 0 fully saturated rings. The molecule has 3 nitrogen and oxygen atoms in total. The van der Waals surface area contributed by atoms with E-state index < -0.39 is 0 Å². The summed E-state index contributed by atoms with van der Waals surface area (Å²) in [5.74, 6) is 0. The Hall–Kier alpha value is -0.610. The Bertz CT molecular complexity index is 448. The number of aryl methyl sites for hydroxylation is 1. The highest BCUT2D eigenvalue weighted by Crippen LogP contribution is 2.41. The van der Waals surface area contributed by atoms with Gasteiger partial charge in [0.25, 0.3) is 0 Å². The number of nitrogens with zero attached hydrogens (tertiary/aromatic N) is 2. The average molecular weight is 299 g/mol. The van der Waals surface area contributed by atoms with Crippen molar-refractivity contribution in [2.24, 2.45) is 5.41 Å². The summed E-state index contributed by atoms with van der Waals surface area (Å²) in [5.41, 5.74) is 2.45. The zero-order chi connectivity index (χ0) is 12.6. The molecule has 0 saturated carbocycles. The molecule has 2 rings (SSSR count). The lowest BCUT2D eigenvalue weighted by Gasteiger charge is -2.32. The molecule has 1 aliphatic carbocycles. The third-order valence-electron chi connectivity index (χ3n) is 3.22. The lowest BCUT2D eigenvalue weighted by molar-refractivity contribution is 0.146. The molecule has 94 valence electrons. The van der Waals surface area contributed by atoms with Crippen LogP contribution in [-0.2, 0) is 6.54 Å². The van der Waals surface area contributed by atoms with Crippen molar-refractivity contribution < 1.29 is 5.11 Å². The third kappa shape index (κ3) is 2.63. The van der Waals surface area contributed by atoms with Crippen molar-refractivity contribution in [3.8, 4) is 0 Å². The fraction of sp³-hybridized carbons (Fsp3) is 0.615. The Morgan fingerprint density at radius 2 is 2.29 bits per heavy atom. The molecule has 1 atom stereocenters. The van der Waals surface area contributed by atoms with Crippen molar-refractivity contribution in [3.05, 3.63) is 22.4 Å². The summed E-state index contributed by atoms with van der Waals surface area (Å²) in [7, 11) is 0. The summed E-state index contributed by atoms with van der Waals surface area (Å²) in [6, 6.07) is 0. The van der Waals surface area contributed by atoms with Crippen LogP contribution in [-0.4, -0.2) is 21.0 Å². The van der Waals surface area contributed by atoms with Gasteiger partial charge in [-0.05, 0) is 46.7 Å². The highest BCUT2D eigenvalue weighted by Gasteiger charge is 2.30. The molecule has 1 N–H and O–H groups in total. The van der Waals surface area contributed by atoms with Crippen LogP contribution in [0.15, 0.2) is 16.7 Å². The van der Waals surface area contributed by atoms with Crippen molar-refractivity contribution in [3.63, 3.8) is 0 Å². The minimum absolute atomic E-state index is 0.145. The first kappa shape index (κ1) is 12.8. The topological polar surface area (TPSA) is 38.0 Å². The van der Waals surface area contributed by atoms with Crippen molar-refractivity contribution in [2.75, 3.05) is 0 Å². The average Bonchev–Trinajstić information content (AvgIpc) is 2.56. The van der Waals surface area contributed by atoms with Crippen LogP contribution >= 0.6 is 15.9 Å². The van der Waals surface area contributed by atoms with Gasteiger partial charge in [-0.1, -0.05) is 19.9 Å². The minimum atomic E-state index is -0.346. The van der Waals surface area contributed by atoms with Crippen LogP contribution in [0.1, 0.15) is 39.3 Å². The van der Waals surface area contributed by atoms with Gasteiger partial charge < -0.3 is 5.11 Å². The molecule has 0 saturated heterocycles. The fourth-order valence-electron chi connectivity index (χ4n) is 2.59. The Labute approximate surface area is 111 Å². The van der Waals surface area contributed by atoms with Gasteiger partial charge in [0.2, 0.25) is 0 Å². The van der Waals surface area contributed by atoms with E-state index in [0.29, 0.717) is 0 Å². The van der Waals surface area contributed by atoms with Gasteiger partial charge in [-0.3, -0.25) is 4.68 Å². The number of rotatable bonds is 2. The second-order valence-electron chi connectivity index (χ2n) is 5.46. The molecule has 0 amide bonds. The summed E-state index contributed by atoms with van der Waals surface area (Å²) in [4.78, 5) is 0. The zero-order valence-electron chi connectivity index (χ0n) is 10.6. The summed E-state index contributed by atoms with van der Waals surface area (Å²) in [6.07, 6.45) is 5.26. The standard InChI is InChI=1S/C13H19BrN2O/c1-4-16-12(11(14)8-15-16)9-5-10(17)7-13(2,3)6-9/h5,8,10,17H,4,6-7H2,1-3H3. The van der Waals surface area contributed by atoms with Crippen LogP contribution in [0, 0.1) is 5.41 Å². The van der Waals surface area contributed by atoms with E-state index in [0.717, 1.165) is 29.6 Å². The van der Waals surface area contributed by atoms with Crippen LogP contribution in [0.4, 0.5) is 0 Å². The number of hydrogen-bond donors (Lipinski definition) is 1. The molecule has 0 aliphatic heterocycles. The molecule has 1 aliphatic rings. The monoisotopic (exact) mass is 298 g/mol. The molecular formula is C13H19BrN2O. The van der Waals surface area contributed by atoms with Crippen LogP contribution in [0.5, 0.6) is 0 Å². The molecule has 4 heteroatoms. The second kappa shape index (κ2) is 4.58. The molecule has 0 aromatic carbocycles. The second-order valence-corrected chi connectivity index (χ2v) is 6.32. The number of aliphatic hydroxyl groups excluding tert-OH is 1. The molecule has 0 bridgehead atoms. The van der Waals surface area contributed by atoms with E-state index in [2.05, 4.69) is 41.8 Å². The first-order chi connectivity index (χ1) is 7.93. The SMILES string of the molecule is CCn1ncc(Br)c1C1=CC(O)CC(C)(C)C1. The molecule has 1 aromatic heterocycles. The van der Waals surface area contributed by atoms with E-state index in [4.69, 9.17) is 0 Å². The Morgan fingerprint density at radius 1 is 1.59 bits per heavy atom. The van der Waals surface area contributed by atoms with Crippen LogP contribution in [0.25, 0.3) is 5.57 Å². The highest BCUT2D eigenvalue weighted by molar-refractivity contribution is 9.10. The van der Waals surface area contributed by atoms with E-state index in [1.54, 1.807) is 0 Å². The Kier molecular flexibility index (Phi) is 3.46. The smallest absolute Gasteiger partial charge is 0.0782 e. The van der Waals surface area contributed by atoms with Crippen molar-refractivity contribution in [2.45, 2.75) is 46.3 Å². The molecule has 0 radical (unpaired) electrons. The maximum absolute atomic E-state index is 9.95. The summed E-state index contributed by atoms with van der Waals surface area (Å²) in [5, 5.41) is 14.3. The van der Waals surface area contributed by atoms with E-state index in [-0.39, 0.29) is 11.5 Å². The van der Waals surface area contributed by atoms with Crippen LogP contribution < -0.4 is 0 Å². The molecule has 1 aromatic rings. The molecule has 1 unspecified atom stereocenters. The van der Waals surface area contributed by atoms with Gasteiger partial charge in [-0.25, -0.2) is 0 Å². The lowest BCUT2D eigenvalue weighted by atomic mass is 9.75. The lowest BCUT2D eigenvalue weighted by Crippen LogP contribution is -2.25. The van der Waals surface area contributed by atoms with Crippen LogP contribution in [0.3, 0.4) is 0 Å². The summed E-state index contributed by atoms with van der Waals surface area (Å²) >= 11 is 3.55. The number of allylic oxidation sites excluding steroid dienone is 1. The van der Waals surface area contributed by atoms with Gasteiger partial charge in [-0.15, -0.1) is 0 Å². The van der Waals surface area contributed by atoms with E-state index in [1.165, 1.54) is 5.57 Å².